The summed E-state index contributed by atoms with van der Waals surface area (Å²) in [5.41, 5.74) is 4.72. The van der Waals surface area contributed by atoms with Gasteiger partial charge in [0.1, 0.15) is 5.75 Å². The van der Waals surface area contributed by atoms with E-state index in [9.17, 15) is 18.3 Å². The maximum absolute atomic E-state index is 13.6. The maximum atomic E-state index is 13.6. The van der Waals surface area contributed by atoms with Crippen molar-refractivity contribution in [2.24, 2.45) is 0 Å². The molecule has 5 aromatic rings. The fourth-order valence-corrected chi connectivity index (χ4v) is 5.72. The van der Waals surface area contributed by atoms with E-state index < -0.39 is 17.5 Å². The Kier molecular flexibility index (Phi) is 6.56. The molecule has 7 rings (SSSR count). The number of benzene rings is 4. The Balaban J connectivity index is 1.30. The summed E-state index contributed by atoms with van der Waals surface area (Å²) < 4.78 is 52.6. The Morgan fingerprint density at radius 1 is 0.738 bits per heavy atom. The number of aromatic amines is 1. The van der Waals surface area contributed by atoms with Crippen LogP contribution in [0, 0.1) is 0 Å². The van der Waals surface area contributed by atoms with Crippen LogP contribution in [0.1, 0.15) is 5.56 Å². The zero-order valence-electron chi connectivity index (χ0n) is 22.6. The van der Waals surface area contributed by atoms with Crippen LogP contribution in [0.5, 0.6) is 17.2 Å². The fraction of sp³-hybridized carbons (Fsp3) is 0.212. The number of fused-ring (bicyclic) bond motifs is 3. The number of rotatable bonds is 5. The van der Waals surface area contributed by atoms with Gasteiger partial charge in [-0.3, -0.25) is 4.90 Å². The molecule has 2 N–H and O–H groups in total. The number of alkyl halides is 3. The maximum Gasteiger partial charge on any atom is 0.419 e. The zero-order chi connectivity index (χ0) is 28.8. The minimum atomic E-state index is -4.67. The Labute approximate surface area is 240 Å². The van der Waals surface area contributed by atoms with Gasteiger partial charge in [0.15, 0.2) is 11.5 Å². The molecule has 0 aliphatic carbocycles. The normalized spacial score (nSPS) is 15.4. The molecule has 1 fully saturated rings. The Morgan fingerprint density at radius 3 is 2.05 bits per heavy atom. The molecule has 0 saturated carbocycles. The molecule has 2 aliphatic rings. The number of nitrogens with zero attached hydrogens (tertiary/aromatic N) is 2. The summed E-state index contributed by atoms with van der Waals surface area (Å²) >= 11 is 0. The Hall–Kier alpha value is -4.47. The predicted molar refractivity (Wildman–Crippen MR) is 157 cm³/mol. The average Bonchev–Trinajstić information content (AvgIpc) is 3.47. The second-order valence-corrected chi connectivity index (χ2v) is 10.6. The summed E-state index contributed by atoms with van der Waals surface area (Å²) in [6.07, 6.45) is -2.75. The highest BCUT2D eigenvalue weighted by Gasteiger charge is 2.34. The molecule has 0 unspecified atom stereocenters. The van der Waals surface area contributed by atoms with Crippen LogP contribution < -0.4 is 9.64 Å². The van der Waals surface area contributed by atoms with E-state index in [1.165, 1.54) is 6.07 Å². The number of phenolic OH excluding ortho intramolecular Hbond substituents is 1. The summed E-state index contributed by atoms with van der Waals surface area (Å²) in [5.74, 6) is 0.552. The summed E-state index contributed by atoms with van der Waals surface area (Å²) in [4.78, 5) is 7.77. The van der Waals surface area contributed by atoms with Gasteiger partial charge in [-0.1, -0.05) is 24.3 Å². The van der Waals surface area contributed by atoms with Gasteiger partial charge in [-0.05, 0) is 82.2 Å². The number of ether oxygens (including phenoxy) is 2. The van der Waals surface area contributed by atoms with Crippen LogP contribution in [0.3, 0.4) is 0 Å². The topological polar surface area (TPSA) is 61.0 Å². The van der Waals surface area contributed by atoms with E-state index in [1.807, 2.05) is 30.5 Å². The second-order valence-electron chi connectivity index (χ2n) is 10.6. The van der Waals surface area contributed by atoms with Crippen molar-refractivity contribution >= 4 is 22.3 Å². The average molecular weight is 572 g/mol. The van der Waals surface area contributed by atoms with Crippen molar-refractivity contribution in [1.29, 1.82) is 0 Å². The van der Waals surface area contributed by atoms with Crippen molar-refractivity contribution in [3.63, 3.8) is 0 Å². The second kappa shape index (κ2) is 10.4. The van der Waals surface area contributed by atoms with Crippen LogP contribution in [-0.2, 0) is 10.9 Å². The van der Waals surface area contributed by atoms with Crippen molar-refractivity contribution < 1.29 is 27.8 Å². The van der Waals surface area contributed by atoms with Crippen molar-refractivity contribution in [2.45, 2.75) is 6.18 Å². The number of aromatic hydroxyl groups is 1. The highest BCUT2D eigenvalue weighted by atomic mass is 19.4. The van der Waals surface area contributed by atoms with Gasteiger partial charge >= 0.3 is 6.18 Å². The van der Waals surface area contributed by atoms with E-state index in [2.05, 4.69) is 39.0 Å². The molecule has 0 bridgehead atoms. The molecule has 0 atom stereocenters. The number of hydrogen-bond donors (Lipinski definition) is 2. The summed E-state index contributed by atoms with van der Waals surface area (Å²) in [5, 5.41) is 11.0. The summed E-state index contributed by atoms with van der Waals surface area (Å²) in [7, 11) is 0. The van der Waals surface area contributed by atoms with Gasteiger partial charge in [-0.2, -0.15) is 13.2 Å². The SMILES string of the molecule is Oc1ccc(-c2ccc3c(c2)N(CCN2CCOCC2)c2cc(-c4ccc5[nH]ccc5c4)ccc2O3)cc1C(F)(F)F. The monoisotopic (exact) mass is 571 g/mol. The molecule has 3 heterocycles. The molecule has 0 spiro atoms. The van der Waals surface area contributed by atoms with Crippen molar-refractivity contribution in [3.05, 3.63) is 90.6 Å². The standard InChI is InChI=1S/C33H28F3N3O3/c34-33(35,36)26-18-22(2-6-30(26)40)24-4-8-32-29(20-24)39(12-11-38-13-15-41-16-14-38)28-19-23(3-7-31(28)42-32)21-1-5-27-25(17-21)9-10-37-27/h1-10,17-20,37,40H,11-16H2. The lowest BCUT2D eigenvalue weighted by Gasteiger charge is -2.36. The highest BCUT2D eigenvalue weighted by molar-refractivity contribution is 5.88. The van der Waals surface area contributed by atoms with Crippen LogP contribution in [0.25, 0.3) is 33.2 Å². The quantitative estimate of drug-likeness (QED) is 0.225. The number of phenols is 1. The van der Waals surface area contributed by atoms with Gasteiger partial charge in [0.05, 0.1) is 30.2 Å². The number of hydrogen-bond acceptors (Lipinski definition) is 5. The molecule has 0 amide bonds. The smallest absolute Gasteiger partial charge is 0.419 e. The first-order chi connectivity index (χ1) is 20.3. The van der Waals surface area contributed by atoms with Gasteiger partial charge in [-0.25, -0.2) is 0 Å². The minimum Gasteiger partial charge on any atom is -0.507 e. The van der Waals surface area contributed by atoms with Crippen LogP contribution in [0.15, 0.2) is 85.1 Å². The molecule has 4 aromatic carbocycles. The molecular weight excluding hydrogens is 543 g/mol. The molecule has 1 aromatic heterocycles. The van der Waals surface area contributed by atoms with Gasteiger partial charge < -0.3 is 24.5 Å². The van der Waals surface area contributed by atoms with Gasteiger partial charge in [0.2, 0.25) is 0 Å². The molecule has 42 heavy (non-hydrogen) atoms. The van der Waals surface area contributed by atoms with Gasteiger partial charge in [0, 0.05) is 37.9 Å². The molecule has 214 valence electrons. The first-order valence-corrected chi connectivity index (χ1v) is 13.9. The number of aromatic nitrogens is 1. The third-order valence-electron chi connectivity index (χ3n) is 7.98. The van der Waals surface area contributed by atoms with Crippen molar-refractivity contribution in [2.75, 3.05) is 44.3 Å². The minimum absolute atomic E-state index is 0.357. The molecule has 9 heteroatoms. The van der Waals surface area contributed by atoms with Gasteiger partial charge in [0.25, 0.3) is 0 Å². The van der Waals surface area contributed by atoms with E-state index in [0.29, 0.717) is 42.4 Å². The molecule has 2 aliphatic heterocycles. The van der Waals surface area contributed by atoms with Crippen LogP contribution >= 0.6 is 0 Å². The lowest BCUT2D eigenvalue weighted by atomic mass is 9.99. The first kappa shape index (κ1) is 26.4. The largest absolute Gasteiger partial charge is 0.507 e. The summed E-state index contributed by atoms with van der Waals surface area (Å²) in [6.45, 7) is 4.49. The Bertz CT molecular complexity index is 1780. The zero-order valence-corrected chi connectivity index (χ0v) is 22.6. The summed E-state index contributed by atoms with van der Waals surface area (Å²) in [6, 6.07) is 23.4. The van der Waals surface area contributed by atoms with Crippen molar-refractivity contribution in [1.82, 2.24) is 9.88 Å². The highest BCUT2D eigenvalue weighted by Crippen LogP contribution is 2.49. The van der Waals surface area contributed by atoms with Crippen LogP contribution in [-0.4, -0.2) is 54.4 Å². The van der Waals surface area contributed by atoms with E-state index in [-0.39, 0.29) is 0 Å². The predicted octanol–water partition coefficient (Wildman–Crippen LogP) is 7.80. The fourth-order valence-electron chi connectivity index (χ4n) is 5.72. The number of H-pyrrole nitrogens is 1. The molecule has 0 radical (unpaired) electrons. The van der Waals surface area contributed by atoms with Crippen molar-refractivity contribution in [3.8, 4) is 39.5 Å². The third-order valence-corrected chi connectivity index (χ3v) is 7.98. The number of halogens is 3. The number of morpholine rings is 1. The third kappa shape index (κ3) is 4.95. The molecular formula is C33H28F3N3O3. The van der Waals surface area contributed by atoms with Crippen LogP contribution in [0.2, 0.25) is 0 Å². The molecule has 1 saturated heterocycles. The first-order valence-electron chi connectivity index (χ1n) is 13.9. The van der Waals surface area contributed by atoms with E-state index >= 15 is 0 Å². The van der Waals surface area contributed by atoms with E-state index in [4.69, 9.17) is 9.47 Å². The lowest BCUT2D eigenvalue weighted by Crippen LogP contribution is -2.41. The Morgan fingerprint density at radius 2 is 1.36 bits per heavy atom. The van der Waals surface area contributed by atoms with E-state index in [1.54, 1.807) is 12.1 Å². The number of nitrogens with one attached hydrogen (secondary N) is 1. The van der Waals surface area contributed by atoms with Gasteiger partial charge in [-0.15, -0.1) is 0 Å². The van der Waals surface area contributed by atoms with Crippen LogP contribution in [0.4, 0.5) is 24.5 Å². The lowest BCUT2D eigenvalue weighted by molar-refractivity contribution is -0.138. The molecule has 6 nitrogen and oxygen atoms in total. The number of anilines is 2. The van der Waals surface area contributed by atoms with E-state index in [0.717, 1.165) is 65.2 Å².